The third kappa shape index (κ3) is 6.45. The van der Waals surface area contributed by atoms with Crippen LogP contribution in [0.4, 0.5) is 0 Å². The molecule has 0 bridgehead atoms. The van der Waals surface area contributed by atoms with Crippen LogP contribution >= 0.6 is 0 Å². The van der Waals surface area contributed by atoms with Crippen molar-refractivity contribution in [3.8, 4) is 0 Å². The standard InChI is InChI=1S/C15H21N3O5/c16-10(8-9-4-2-1-3-5-9)13(20)14(21)18-11(15(22)23)6-7-12(17)19/h1-5,10-11,13,20H,6-8,16H2,(H2,17,19)(H,18,21)(H,22,23)/t10?,11-,13?/m0/s1. The summed E-state index contributed by atoms with van der Waals surface area (Å²) in [5, 5.41) is 21.1. The van der Waals surface area contributed by atoms with Crippen molar-refractivity contribution in [2.75, 3.05) is 0 Å². The van der Waals surface area contributed by atoms with Crippen molar-refractivity contribution in [2.45, 2.75) is 37.5 Å². The molecule has 0 radical (unpaired) electrons. The summed E-state index contributed by atoms with van der Waals surface area (Å²) >= 11 is 0. The molecule has 8 nitrogen and oxygen atoms in total. The molecule has 0 spiro atoms. The Bertz CT molecular complexity index is 549. The number of aliphatic carboxylic acids is 1. The van der Waals surface area contributed by atoms with Gasteiger partial charge < -0.3 is 27.0 Å². The Hall–Kier alpha value is -2.45. The highest BCUT2D eigenvalue weighted by atomic mass is 16.4. The van der Waals surface area contributed by atoms with E-state index in [9.17, 15) is 19.5 Å². The first kappa shape index (κ1) is 18.6. The Balaban J connectivity index is 2.59. The number of aliphatic hydroxyl groups is 1. The predicted octanol–water partition coefficient (Wildman–Crippen LogP) is -1.25. The van der Waals surface area contributed by atoms with E-state index in [0.717, 1.165) is 5.56 Å². The predicted molar refractivity (Wildman–Crippen MR) is 82.1 cm³/mol. The molecule has 3 atom stereocenters. The van der Waals surface area contributed by atoms with Gasteiger partial charge >= 0.3 is 5.97 Å². The lowest BCUT2D eigenvalue weighted by atomic mass is 10.0. The first-order valence-electron chi connectivity index (χ1n) is 7.10. The highest BCUT2D eigenvalue weighted by Crippen LogP contribution is 2.06. The van der Waals surface area contributed by atoms with Gasteiger partial charge in [-0.3, -0.25) is 9.59 Å². The summed E-state index contributed by atoms with van der Waals surface area (Å²) in [7, 11) is 0. The summed E-state index contributed by atoms with van der Waals surface area (Å²) in [6, 6.07) is 6.84. The van der Waals surface area contributed by atoms with Crippen LogP contribution in [-0.4, -0.2) is 46.2 Å². The van der Waals surface area contributed by atoms with E-state index in [-0.39, 0.29) is 19.3 Å². The van der Waals surface area contributed by atoms with Crippen molar-refractivity contribution >= 4 is 17.8 Å². The van der Waals surface area contributed by atoms with E-state index < -0.39 is 36.0 Å². The Morgan fingerprint density at radius 3 is 2.30 bits per heavy atom. The number of nitrogens with two attached hydrogens (primary N) is 2. The third-order valence-electron chi connectivity index (χ3n) is 3.28. The summed E-state index contributed by atoms with van der Waals surface area (Å²) in [5.74, 6) is -2.89. The van der Waals surface area contributed by atoms with Crippen LogP contribution in [0.1, 0.15) is 18.4 Å². The first-order chi connectivity index (χ1) is 10.8. The molecule has 0 saturated carbocycles. The molecule has 126 valence electrons. The monoisotopic (exact) mass is 323 g/mol. The number of carboxylic acid groups (broad SMARTS) is 1. The fourth-order valence-corrected chi connectivity index (χ4v) is 1.99. The van der Waals surface area contributed by atoms with E-state index in [1.807, 2.05) is 6.07 Å². The number of rotatable bonds is 9. The fourth-order valence-electron chi connectivity index (χ4n) is 1.99. The average Bonchev–Trinajstić information content (AvgIpc) is 2.50. The van der Waals surface area contributed by atoms with Gasteiger partial charge in [0.1, 0.15) is 12.1 Å². The van der Waals surface area contributed by atoms with Gasteiger partial charge in [0.15, 0.2) is 0 Å². The van der Waals surface area contributed by atoms with Gasteiger partial charge in [-0.05, 0) is 18.4 Å². The van der Waals surface area contributed by atoms with E-state index in [0.29, 0.717) is 0 Å². The molecule has 23 heavy (non-hydrogen) atoms. The van der Waals surface area contributed by atoms with Gasteiger partial charge in [0.2, 0.25) is 5.91 Å². The van der Waals surface area contributed by atoms with Crippen molar-refractivity contribution in [3.63, 3.8) is 0 Å². The molecular formula is C15H21N3O5. The third-order valence-corrected chi connectivity index (χ3v) is 3.28. The van der Waals surface area contributed by atoms with E-state index in [2.05, 4.69) is 5.32 Å². The van der Waals surface area contributed by atoms with Crippen LogP contribution in [0.25, 0.3) is 0 Å². The lowest BCUT2D eigenvalue weighted by molar-refractivity contribution is -0.144. The number of nitrogens with one attached hydrogen (secondary N) is 1. The maximum Gasteiger partial charge on any atom is 0.326 e. The quantitative estimate of drug-likeness (QED) is 0.382. The minimum Gasteiger partial charge on any atom is -0.480 e. The summed E-state index contributed by atoms with van der Waals surface area (Å²) in [6.07, 6.45) is -1.65. The van der Waals surface area contributed by atoms with Crippen LogP contribution in [0, 0.1) is 0 Å². The van der Waals surface area contributed by atoms with E-state index in [4.69, 9.17) is 16.6 Å². The number of carboxylic acids is 1. The van der Waals surface area contributed by atoms with Crippen LogP contribution in [0.15, 0.2) is 30.3 Å². The second-order valence-corrected chi connectivity index (χ2v) is 5.20. The molecule has 0 aliphatic rings. The molecule has 7 N–H and O–H groups in total. The largest absolute Gasteiger partial charge is 0.480 e. The highest BCUT2D eigenvalue weighted by molar-refractivity contribution is 5.87. The lowest BCUT2D eigenvalue weighted by Gasteiger charge is -2.21. The fraction of sp³-hybridized carbons (Fsp3) is 0.400. The van der Waals surface area contributed by atoms with Gasteiger partial charge in [0, 0.05) is 12.5 Å². The van der Waals surface area contributed by atoms with Crippen molar-refractivity contribution in [1.29, 1.82) is 0 Å². The molecule has 8 heteroatoms. The zero-order valence-corrected chi connectivity index (χ0v) is 12.5. The highest BCUT2D eigenvalue weighted by Gasteiger charge is 2.28. The summed E-state index contributed by atoms with van der Waals surface area (Å²) in [6.45, 7) is 0. The molecule has 0 saturated heterocycles. The Morgan fingerprint density at radius 1 is 1.17 bits per heavy atom. The number of amides is 2. The zero-order valence-electron chi connectivity index (χ0n) is 12.5. The maximum absolute atomic E-state index is 11.9. The Morgan fingerprint density at radius 2 is 1.78 bits per heavy atom. The van der Waals surface area contributed by atoms with Gasteiger partial charge in [-0.25, -0.2) is 4.79 Å². The number of primary amides is 1. The smallest absolute Gasteiger partial charge is 0.326 e. The summed E-state index contributed by atoms with van der Waals surface area (Å²) in [4.78, 5) is 33.7. The number of carbonyl (C=O) groups excluding carboxylic acids is 2. The van der Waals surface area contributed by atoms with Crippen LogP contribution in [0.2, 0.25) is 0 Å². The molecule has 0 aliphatic heterocycles. The zero-order chi connectivity index (χ0) is 17.4. The van der Waals surface area contributed by atoms with Crippen LogP contribution < -0.4 is 16.8 Å². The number of hydrogen-bond donors (Lipinski definition) is 5. The maximum atomic E-state index is 11.9. The molecule has 0 fully saturated rings. The minimum absolute atomic E-state index is 0.156. The van der Waals surface area contributed by atoms with Crippen molar-refractivity contribution in [1.82, 2.24) is 5.32 Å². The van der Waals surface area contributed by atoms with Crippen LogP contribution in [-0.2, 0) is 20.8 Å². The molecule has 0 heterocycles. The van der Waals surface area contributed by atoms with Gasteiger partial charge in [-0.1, -0.05) is 30.3 Å². The molecule has 1 rings (SSSR count). The molecule has 0 aliphatic carbocycles. The van der Waals surface area contributed by atoms with E-state index in [1.54, 1.807) is 24.3 Å². The number of hydrogen-bond acceptors (Lipinski definition) is 5. The van der Waals surface area contributed by atoms with Crippen molar-refractivity contribution in [3.05, 3.63) is 35.9 Å². The Labute approximate surface area is 133 Å². The molecule has 2 amide bonds. The molecule has 2 unspecified atom stereocenters. The first-order valence-corrected chi connectivity index (χ1v) is 7.10. The van der Waals surface area contributed by atoms with Crippen molar-refractivity contribution < 1.29 is 24.6 Å². The normalized spacial score (nSPS) is 14.5. The number of benzene rings is 1. The van der Waals surface area contributed by atoms with Gasteiger partial charge in [-0.15, -0.1) is 0 Å². The minimum atomic E-state index is -1.56. The molecule has 0 aromatic heterocycles. The molecular weight excluding hydrogens is 302 g/mol. The topological polar surface area (TPSA) is 156 Å². The van der Waals surface area contributed by atoms with Crippen molar-refractivity contribution in [2.24, 2.45) is 11.5 Å². The molecule has 1 aromatic rings. The van der Waals surface area contributed by atoms with Crippen LogP contribution in [0.3, 0.4) is 0 Å². The summed E-state index contributed by atoms with van der Waals surface area (Å²) in [5.41, 5.74) is 11.6. The SMILES string of the molecule is NC(=O)CC[C@H](NC(=O)C(O)C(N)Cc1ccccc1)C(=O)O. The van der Waals surface area contributed by atoms with Gasteiger partial charge in [0.25, 0.3) is 5.91 Å². The van der Waals surface area contributed by atoms with Gasteiger partial charge in [-0.2, -0.15) is 0 Å². The second kappa shape index (κ2) is 8.86. The summed E-state index contributed by atoms with van der Waals surface area (Å²) < 4.78 is 0. The van der Waals surface area contributed by atoms with E-state index >= 15 is 0 Å². The molecule has 1 aromatic carbocycles. The van der Waals surface area contributed by atoms with E-state index in [1.165, 1.54) is 0 Å². The lowest BCUT2D eigenvalue weighted by Crippen LogP contribution is -2.52. The average molecular weight is 323 g/mol. The van der Waals surface area contributed by atoms with Crippen LogP contribution in [0.5, 0.6) is 0 Å². The van der Waals surface area contributed by atoms with Gasteiger partial charge in [0.05, 0.1) is 0 Å². The second-order valence-electron chi connectivity index (χ2n) is 5.20. The number of carbonyl (C=O) groups is 3. The Kier molecular flexibility index (Phi) is 7.17. The number of aliphatic hydroxyl groups excluding tert-OH is 1.